The number of hydrogen-bond donors (Lipinski definition) is 1. The lowest BCUT2D eigenvalue weighted by Crippen LogP contribution is -2.44. The first-order valence-electron chi connectivity index (χ1n) is 12.4. The van der Waals surface area contributed by atoms with Gasteiger partial charge in [0.05, 0.1) is 17.7 Å². The van der Waals surface area contributed by atoms with Gasteiger partial charge < -0.3 is 15.1 Å². The average Bonchev–Trinajstić information content (AvgIpc) is 3.20. The molecule has 6 rings (SSSR count). The van der Waals surface area contributed by atoms with Crippen LogP contribution in [0.25, 0.3) is 27.6 Å². The molecule has 0 bridgehead atoms. The van der Waals surface area contributed by atoms with E-state index in [9.17, 15) is 4.79 Å². The van der Waals surface area contributed by atoms with Crippen molar-refractivity contribution in [3.05, 3.63) is 90.0 Å². The molecule has 0 atom stereocenters. The standard InChI is InChI=1S/C28H28N8O/c1-3-13-35-27(37)24-19-30-28(31-21-7-10-22(11-8-21)34-16-14-33(2)15-17-34)32-26(24)36(35)23-9-6-20-5-4-12-29-25(20)18-23/h3-12,18-19H,1,13-17H2,2H3,(H,30,31,32). The van der Waals surface area contributed by atoms with Gasteiger partial charge in [-0.05, 0) is 49.5 Å². The molecule has 37 heavy (non-hydrogen) atoms. The summed E-state index contributed by atoms with van der Waals surface area (Å²) in [5.41, 5.74) is 4.07. The van der Waals surface area contributed by atoms with Gasteiger partial charge in [0.2, 0.25) is 5.95 Å². The molecule has 0 amide bonds. The van der Waals surface area contributed by atoms with Crippen molar-refractivity contribution in [3.8, 4) is 5.69 Å². The minimum atomic E-state index is -0.168. The first-order chi connectivity index (χ1) is 18.1. The van der Waals surface area contributed by atoms with Crippen LogP contribution in [0.15, 0.2) is 84.4 Å². The second-order valence-corrected chi connectivity index (χ2v) is 9.26. The lowest BCUT2D eigenvalue weighted by Gasteiger charge is -2.34. The van der Waals surface area contributed by atoms with Gasteiger partial charge in [0.15, 0.2) is 5.65 Å². The Kier molecular flexibility index (Phi) is 5.90. The van der Waals surface area contributed by atoms with E-state index in [-0.39, 0.29) is 5.56 Å². The zero-order chi connectivity index (χ0) is 25.4. The van der Waals surface area contributed by atoms with Crippen molar-refractivity contribution in [2.45, 2.75) is 6.54 Å². The van der Waals surface area contributed by atoms with Crippen molar-refractivity contribution in [1.29, 1.82) is 0 Å². The monoisotopic (exact) mass is 492 g/mol. The zero-order valence-electron chi connectivity index (χ0n) is 20.7. The maximum absolute atomic E-state index is 13.2. The van der Waals surface area contributed by atoms with E-state index < -0.39 is 0 Å². The van der Waals surface area contributed by atoms with E-state index in [1.165, 1.54) is 5.69 Å². The zero-order valence-corrected chi connectivity index (χ0v) is 20.7. The van der Waals surface area contributed by atoms with Crippen molar-refractivity contribution in [2.75, 3.05) is 43.4 Å². The highest BCUT2D eigenvalue weighted by Crippen LogP contribution is 2.23. The van der Waals surface area contributed by atoms with Gasteiger partial charge in [-0.1, -0.05) is 18.2 Å². The van der Waals surface area contributed by atoms with Crippen LogP contribution < -0.4 is 15.8 Å². The molecule has 1 fully saturated rings. The van der Waals surface area contributed by atoms with E-state index in [1.54, 1.807) is 23.2 Å². The molecule has 1 saturated heterocycles. The van der Waals surface area contributed by atoms with E-state index in [4.69, 9.17) is 4.98 Å². The first kappa shape index (κ1) is 22.9. The molecule has 1 N–H and O–H groups in total. The van der Waals surface area contributed by atoms with Crippen LogP contribution in [0.3, 0.4) is 0 Å². The van der Waals surface area contributed by atoms with Crippen LogP contribution in [0.4, 0.5) is 17.3 Å². The van der Waals surface area contributed by atoms with Crippen LogP contribution in [0.5, 0.6) is 0 Å². The van der Waals surface area contributed by atoms with Crippen LogP contribution in [-0.2, 0) is 6.54 Å². The number of benzene rings is 2. The predicted molar refractivity (Wildman–Crippen MR) is 148 cm³/mol. The number of aromatic nitrogens is 5. The highest BCUT2D eigenvalue weighted by molar-refractivity contribution is 5.82. The van der Waals surface area contributed by atoms with Crippen molar-refractivity contribution >= 4 is 39.3 Å². The fourth-order valence-corrected chi connectivity index (χ4v) is 4.77. The molecular weight excluding hydrogens is 464 g/mol. The maximum atomic E-state index is 13.2. The van der Waals surface area contributed by atoms with Crippen LogP contribution in [0.1, 0.15) is 0 Å². The highest BCUT2D eigenvalue weighted by Gasteiger charge is 2.18. The number of piperazine rings is 1. The molecule has 9 heteroatoms. The summed E-state index contributed by atoms with van der Waals surface area (Å²) < 4.78 is 3.43. The van der Waals surface area contributed by atoms with Gasteiger partial charge in [-0.3, -0.25) is 9.78 Å². The van der Waals surface area contributed by atoms with Crippen molar-refractivity contribution in [3.63, 3.8) is 0 Å². The van der Waals surface area contributed by atoms with E-state index >= 15 is 0 Å². The molecule has 4 heterocycles. The molecule has 0 unspecified atom stereocenters. The third kappa shape index (κ3) is 4.34. The molecule has 5 aromatic rings. The number of rotatable bonds is 6. The lowest BCUT2D eigenvalue weighted by molar-refractivity contribution is 0.313. The van der Waals surface area contributed by atoms with Crippen LogP contribution in [0.2, 0.25) is 0 Å². The Hall–Kier alpha value is -4.50. The molecule has 186 valence electrons. The number of allylic oxidation sites excluding steroid dienone is 1. The summed E-state index contributed by atoms with van der Waals surface area (Å²) in [5.74, 6) is 0.420. The highest BCUT2D eigenvalue weighted by atomic mass is 16.1. The second-order valence-electron chi connectivity index (χ2n) is 9.26. The molecule has 0 saturated carbocycles. The third-order valence-corrected chi connectivity index (χ3v) is 6.80. The molecule has 0 radical (unpaired) electrons. The molecule has 1 aliphatic rings. The third-order valence-electron chi connectivity index (χ3n) is 6.80. The number of anilines is 3. The minimum Gasteiger partial charge on any atom is -0.369 e. The van der Waals surface area contributed by atoms with Crippen LogP contribution >= 0.6 is 0 Å². The number of hydrogen-bond acceptors (Lipinski definition) is 7. The molecular formula is C28H28N8O. The fraction of sp³-hybridized carbons (Fsp3) is 0.214. The Bertz CT molecular complexity index is 1650. The van der Waals surface area contributed by atoms with Crippen LogP contribution in [0, 0.1) is 0 Å². The van der Waals surface area contributed by atoms with Gasteiger partial charge >= 0.3 is 0 Å². The first-order valence-corrected chi connectivity index (χ1v) is 12.4. The van der Waals surface area contributed by atoms with E-state index in [1.807, 2.05) is 47.1 Å². The fourth-order valence-electron chi connectivity index (χ4n) is 4.77. The Morgan fingerprint density at radius 2 is 1.78 bits per heavy atom. The van der Waals surface area contributed by atoms with Crippen molar-refractivity contribution in [1.82, 2.24) is 29.2 Å². The van der Waals surface area contributed by atoms with Gasteiger partial charge in [0, 0.05) is 55.3 Å². The van der Waals surface area contributed by atoms with Gasteiger partial charge in [0.25, 0.3) is 5.56 Å². The average molecular weight is 493 g/mol. The number of likely N-dealkylation sites (N-methyl/N-ethyl adjacent to an activating group) is 1. The molecule has 0 aliphatic carbocycles. The summed E-state index contributed by atoms with van der Waals surface area (Å²) in [5, 5.41) is 4.76. The van der Waals surface area contributed by atoms with Crippen LogP contribution in [-0.4, -0.2) is 62.4 Å². The Labute approximate surface area is 214 Å². The molecule has 0 spiro atoms. The summed E-state index contributed by atoms with van der Waals surface area (Å²) in [4.78, 5) is 31.6. The van der Waals surface area contributed by atoms with Gasteiger partial charge in [-0.25, -0.2) is 14.3 Å². The molecule has 1 aliphatic heterocycles. The van der Waals surface area contributed by atoms with Gasteiger partial charge in [-0.15, -0.1) is 6.58 Å². The van der Waals surface area contributed by atoms with Gasteiger partial charge in [0.1, 0.15) is 5.39 Å². The van der Waals surface area contributed by atoms with E-state index in [2.05, 4.69) is 50.8 Å². The summed E-state index contributed by atoms with van der Waals surface area (Å²) in [6.45, 7) is 8.34. The number of pyridine rings is 1. The lowest BCUT2D eigenvalue weighted by atomic mass is 10.2. The maximum Gasteiger partial charge on any atom is 0.278 e. The number of fused-ring (bicyclic) bond motifs is 2. The Morgan fingerprint density at radius 3 is 2.57 bits per heavy atom. The SMILES string of the molecule is C=CCn1c(=O)c2cnc(Nc3ccc(N4CCN(C)CC4)cc3)nc2n1-c1ccc2cccnc2c1. The Morgan fingerprint density at radius 1 is 1.00 bits per heavy atom. The molecule has 3 aromatic heterocycles. The minimum absolute atomic E-state index is 0.168. The largest absolute Gasteiger partial charge is 0.369 e. The Balaban J connectivity index is 1.36. The number of nitrogens with zero attached hydrogens (tertiary/aromatic N) is 7. The summed E-state index contributed by atoms with van der Waals surface area (Å²) >= 11 is 0. The van der Waals surface area contributed by atoms with E-state index in [0.29, 0.717) is 23.5 Å². The van der Waals surface area contributed by atoms with Crippen molar-refractivity contribution < 1.29 is 0 Å². The van der Waals surface area contributed by atoms with E-state index in [0.717, 1.165) is 48.5 Å². The molecule has 2 aromatic carbocycles. The number of nitrogens with one attached hydrogen (secondary N) is 1. The smallest absolute Gasteiger partial charge is 0.278 e. The summed E-state index contributed by atoms with van der Waals surface area (Å²) in [7, 11) is 2.16. The normalized spacial score (nSPS) is 14.4. The quantitative estimate of drug-likeness (QED) is 0.361. The van der Waals surface area contributed by atoms with Gasteiger partial charge in [-0.2, -0.15) is 4.98 Å². The predicted octanol–water partition coefficient (Wildman–Crippen LogP) is 3.81. The van der Waals surface area contributed by atoms with Crippen molar-refractivity contribution in [2.24, 2.45) is 0 Å². The molecule has 9 nitrogen and oxygen atoms in total. The summed E-state index contributed by atoms with van der Waals surface area (Å²) in [6, 6.07) is 18.1. The summed E-state index contributed by atoms with van der Waals surface area (Å²) in [6.07, 6.45) is 5.04. The topological polar surface area (TPSA) is 84.1 Å². The second kappa shape index (κ2) is 9.51.